The summed E-state index contributed by atoms with van der Waals surface area (Å²) in [6.07, 6.45) is 1.39. The molecule has 0 spiro atoms. The topological polar surface area (TPSA) is 148 Å². The third kappa shape index (κ3) is 4.65. The number of rotatable bonds is 4. The maximum absolute atomic E-state index is 13.1. The molecule has 0 aromatic carbocycles. The van der Waals surface area contributed by atoms with E-state index in [-0.39, 0.29) is 42.2 Å². The van der Waals surface area contributed by atoms with Gasteiger partial charge in [0, 0.05) is 50.0 Å². The first kappa shape index (κ1) is 22.2. The van der Waals surface area contributed by atoms with E-state index in [0.717, 1.165) is 12.1 Å². The zero-order valence-corrected chi connectivity index (χ0v) is 17.4. The fourth-order valence-electron chi connectivity index (χ4n) is 4.30. The van der Waals surface area contributed by atoms with E-state index in [1.165, 1.54) is 13.0 Å². The number of likely N-dealkylation sites (tertiary alicyclic amines) is 1. The van der Waals surface area contributed by atoms with Crippen molar-refractivity contribution in [1.82, 2.24) is 25.0 Å². The summed E-state index contributed by atoms with van der Waals surface area (Å²) >= 11 is 0. The van der Waals surface area contributed by atoms with E-state index < -0.39 is 6.04 Å². The number of amides is 2. The molecule has 2 bridgehead atoms. The normalized spacial score (nSPS) is 21.4. The van der Waals surface area contributed by atoms with Crippen LogP contribution in [0.3, 0.4) is 0 Å². The van der Waals surface area contributed by atoms with E-state index in [1.54, 1.807) is 15.5 Å². The number of aromatic nitrogens is 3. The summed E-state index contributed by atoms with van der Waals surface area (Å²) in [4.78, 5) is 47.8. The average Bonchev–Trinajstić information content (AvgIpc) is 3.21. The van der Waals surface area contributed by atoms with Crippen LogP contribution in [0.5, 0.6) is 0 Å². The van der Waals surface area contributed by atoms with Crippen LogP contribution in [0, 0.1) is 5.92 Å². The van der Waals surface area contributed by atoms with E-state index in [2.05, 4.69) is 15.5 Å². The monoisotopic (exact) mass is 431 g/mol. The number of nitrogens with zero attached hydrogens (tertiary/aromatic N) is 4. The summed E-state index contributed by atoms with van der Waals surface area (Å²) in [5.74, 6) is 0.482. The summed E-state index contributed by atoms with van der Waals surface area (Å²) in [6, 6.07) is 4.38. The Morgan fingerprint density at radius 1 is 1.29 bits per heavy atom. The Hall–Kier alpha value is -3.50. The summed E-state index contributed by atoms with van der Waals surface area (Å²) in [5.41, 5.74) is 0.607. The van der Waals surface area contributed by atoms with Crippen LogP contribution in [0.1, 0.15) is 49.7 Å². The van der Waals surface area contributed by atoms with Crippen molar-refractivity contribution in [2.75, 3.05) is 13.1 Å². The van der Waals surface area contributed by atoms with Crippen LogP contribution in [0.25, 0.3) is 0 Å². The SMILES string of the molecule is CCc1nnc(CNC(=O)[C@H]2[C@H]3C[C@H](CN(C(C)=O)C3)c3cccc(=O)n32)o1.O=CO. The van der Waals surface area contributed by atoms with Crippen molar-refractivity contribution in [3.05, 3.63) is 46.0 Å². The molecule has 2 aromatic heterocycles. The lowest BCUT2D eigenvalue weighted by Crippen LogP contribution is -2.54. The first-order valence-electron chi connectivity index (χ1n) is 10.0. The van der Waals surface area contributed by atoms with Gasteiger partial charge in [-0.1, -0.05) is 13.0 Å². The molecule has 0 aliphatic carbocycles. The molecular weight excluding hydrogens is 406 g/mol. The Morgan fingerprint density at radius 3 is 2.65 bits per heavy atom. The summed E-state index contributed by atoms with van der Waals surface area (Å²) in [7, 11) is 0. The fraction of sp³-hybridized carbons (Fsp3) is 0.500. The number of carboxylic acid groups (broad SMARTS) is 1. The number of nitrogens with one attached hydrogen (secondary N) is 1. The summed E-state index contributed by atoms with van der Waals surface area (Å²) in [6.45, 7) is 4.33. The number of aryl methyl sites for hydroxylation is 1. The van der Waals surface area contributed by atoms with Crippen molar-refractivity contribution >= 4 is 18.3 Å². The van der Waals surface area contributed by atoms with Gasteiger partial charge in [0.05, 0.1) is 6.54 Å². The van der Waals surface area contributed by atoms with Gasteiger partial charge in [-0.25, -0.2) is 0 Å². The third-order valence-corrected chi connectivity index (χ3v) is 5.59. The highest BCUT2D eigenvalue weighted by Gasteiger charge is 2.44. The number of carbonyl (C=O) groups excluding carboxylic acids is 2. The zero-order chi connectivity index (χ0) is 22.5. The van der Waals surface area contributed by atoms with Gasteiger partial charge in [0.2, 0.25) is 23.6 Å². The average molecular weight is 431 g/mol. The Balaban J connectivity index is 0.000000858. The fourth-order valence-corrected chi connectivity index (χ4v) is 4.30. The second kappa shape index (κ2) is 9.54. The highest BCUT2D eigenvalue weighted by Crippen LogP contribution is 2.41. The van der Waals surface area contributed by atoms with Crippen molar-refractivity contribution < 1.29 is 23.9 Å². The van der Waals surface area contributed by atoms with E-state index in [0.29, 0.717) is 31.3 Å². The highest BCUT2D eigenvalue weighted by atomic mass is 16.4. The number of hydrogen-bond donors (Lipinski definition) is 2. The van der Waals surface area contributed by atoms with Gasteiger partial charge in [-0.3, -0.25) is 23.7 Å². The van der Waals surface area contributed by atoms with Gasteiger partial charge in [-0.2, -0.15) is 0 Å². The Bertz CT molecular complexity index is 1020. The number of fused-ring (bicyclic) bond motifs is 4. The largest absolute Gasteiger partial charge is 0.483 e. The highest BCUT2D eigenvalue weighted by molar-refractivity contribution is 5.81. The molecule has 2 aliphatic rings. The van der Waals surface area contributed by atoms with E-state index in [4.69, 9.17) is 14.3 Å². The van der Waals surface area contributed by atoms with Crippen molar-refractivity contribution in [3.63, 3.8) is 0 Å². The maximum atomic E-state index is 13.1. The van der Waals surface area contributed by atoms with Gasteiger partial charge in [-0.05, 0) is 12.5 Å². The van der Waals surface area contributed by atoms with E-state index >= 15 is 0 Å². The molecule has 2 aromatic rings. The van der Waals surface area contributed by atoms with Gasteiger partial charge < -0.3 is 19.7 Å². The second-order valence-corrected chi connectivity index (χ2v) is 7.49. The molecule has 0 unspecified atom stereocenters. The van der Waals surface area contributed by atoms with E-state index in [9.17, 15) is 14.4 Å². The van der Waals surface area contributed by atoms with Crippen molar-refractivity contribution in [2.24, 2.45) is 5.92 Å². The van der Waals surface area contributed by atoms with Crippen molar-refractivity contribution in [2.45, 2.75) is 45.2 Å². The predicted molar refractivity (Wildman–Crippen MR) is 107 cm³/mol. The maximum Gasteiger partial charge on any atom is 0.290 e. The van der Waals surface area contributed by atoms with Gasteiger partial charge in [-0.15, -0.1) is 10.2 Å². The van der Waals surface area contributed by atoms with Crippen molar-refractivity contribution in [1.29, 1.82) is 0 Å². The van der Waals surface area contributed by atoms with Gasteiger partial charge >= 0.3 is 0 Å². The minimum Gasteiger partial charge on any atom is -0.483 e. The van der Waals surface area contributed by atoms with Crippen LogP contribution < -0.4 is 10.9 Å². The Kier molecular flexibility index (Phi) is 6.83. The molecule has 11 nitrogen and oxygen atoms in total. The molecule has 2 N–H and O–H groups in total. The lowest BCUT2D eigenvalue weighted by Gasteiger charge is -2.46. The molecule has 1 fully saturated rings. The molecular formula is C20H25N5O6. The lowest BCUT2D eigenvalue weighted by molar-refractivity contribution is -0.135. The summed E-state index contributed by atoms with van der Waals surface area (Å²) < 4.78 is 7.03. The van der Waals surface area contributed by atoms with Crippen molar-refractivity contribution in [3.8, 4) is 0 Å². The molecule has 1 saturated heterocycles. The standard InChI is InChI=1S/C19H23N5O4.CH2O2/c1-3-15-21-22-16(28-15)8-20-19(27)18-13-7-12(9-23(10-13)11(2)25)14-5-4-6-17(26)24(14)18;2-1-3/h4-6,12-13,18H,3,7-10H2,1-2H3,(H,20,27);1H,(H,2,3)/t12-,13+,18-;/m1./s1. The van der Waals surface area contributed by atoms with Crippen LogP contribution in [-0.4, -0.2) is 56.1 Å². The molecule has 0 radical (unpaired) electrons. The van der Waals surface area contributed by atoms with Crippen LogP contribution in [0.2, 0.25) is 0 Å². The molecule has 11 heteroatoms. The van der Waals surface area contributed by atoms with Crippen LogP contribution in [0.15, 0.2) is 27.4 Å². The first-order chi connectivity index (χ1) is 14.9. The van der Waals surface area contributed by atoms with Crippen LogP contribution >= 0.6 is 0 Å². The number of piperidine rings is 1. The summed E-state index contributed by atoms with van der Waals surface area (Å²) in [5, 5.41) is 17.5. The third-order valence-electron chi connectivity index (χ3n) is 5.59. The van der Waals surface area contributed by atoms with Crippen LogP contribution in [0.4, 0.5) is 0 Å². The Morgan fingerprint density at radius 2 is 2.00 bits per heavy atom. The lowest BCUT2D eigenvalue weighted by atomic mass is 9.78. The molecule has 0 saturated carbocycles. The zero-order valence-electron chi connectivity index (χ0n) is 17.4. The van der Waals surface area contributed by atoms with Gasteiger partial charge in [0.25, 0.3) is 12.0 Å². The predicted octanol–water partition coefficient (Wildman–Crippen LogP) is 0.318. The molecule has 2 aliphatic heterocycles. The molecule has 4 heterocycles. The minimum absolute atomic E-state index is 0.0152. The molecule has 31 heavy (non-hydrogen) atoms. The number of pyridine rings is 1. The smallest absolute Gasteiger partial charge is 0.290 e. The van der Waals surface area contributed by atoms with Gasteiger partial charge in [0.1, 0.15) is 6.04 Å². The molecule has 166 valence electrons. The first-order valence-corrected chi connectivity index (χ1v) is 10.0. The quantitative estimate of drug-likeness (QED) is 0.658. The Labute approximate surface area is 178 Å². The molecule has 4 rings (SSSR count). The number of hydrogen-bond acceptors (Lipinski definition) is 7. The van der Waals surface area contributed by atoms with E-state index in [1.807, 2.05) is 13.0 Å². The second-order valence-electron chi connectivity index (χ2n) is 7.49. The molecule has 2 amide bonds. The molecule has 3 atom stereocenters. The van der Waals surface area contributed by atoms with Crippen LogP contribution in [-0.2, 0) is 27.3 Å². The van der Waals surface area contributed by atoms with Gasteiger partial charge in [0.15, 0.2) is 0 Å². The minimum atomic E-state index is -0.671. The number of carbonyl (C=O) groups is 3.